The van der Waals surface area contributed by atoms with Crippen molar-refractivity contribution in [3.8, 4) is 0 Å². The summed E-state index contributed by atoms with van der Waals surface area (Å²) in [4.78, 5) is 21.6. The molecule has 3 amide bonds. The van der Waals surface area contributed by atoms with Crippen LogP contribution < -0.4 is 16.4 Å². The zero-order valence-electron chi connectivity index (χ0n) is 8.32. The highest BCUT2D eigenvalue weighted by Crippen LogP contribution is 1.99. The van der Waals surface area contributed by atoms with E-state index in [4.69, 9.17) is 10.2 Å². The van der Waals surface area contributed by atoms with E-state index in [-0.39, 0.29) is 0 Å². The van der Waals surface area contributed by atoms with Crippen LogP contribution in [0, 0.1) is 0 Å². The minimum absolute atomic E-state index is 0.453. The molecule has 6 nitrogen and oxygen atoms in total. The van der Waals surface area contributed by atoms with Crippen LogP contribution in [0.5, 0.6) is 0 Å². The Bertz CT molecular complexity index is 334. The lowest BCUT2D eigenvalue weighted by molar-refractivity contribution is -0.121. The summed E-state index contributed by atoms with van der Waals surface area (Å²) in [6.07, 6.45) is 3.12. The van der Waals surface area contributed by atoms with Crippen molar-refractivity contribution < 1.29 is 14.0 Å². The molecule has 4 N–H and O–H groups in total. The first-order valence-electron chi connectivity index (χ1n) is 4.44. The molecule has 0 spiro atoms. The number of imide groups is 1. The molecule has 1 aromatic heterocycles. The molecule has 1 heterocycles. The molecule has 82 valence electrons. The lowest BCUT2D eigenvalue weighted by Crippen LogP contribution is -2.46. The summed E-state index contributed by atoms with van der Waals surface area (Å²) >= 11 is 0. The Labute approximate surface area is 86.8 Å². The number of rotatable bonds is 4. The maximum atomic E-state index is 11.2. The number of nitrogens with one attached hydrogen (secondary N) is 2. The van der Waals surface area contributed by atoms with Crippen LogP contribution >= 0.6 is 0 Å². The predicted octanol–water partition coefficient (Wildman–Crippen LogP) is -0.0474. The van der Waals surface area contributed by atoms with Gasteiger partial charge in [0.25, 0.3) is 0 Å². The second-order valence-electron chi connectivity index (χ2n) is 3.09. The first-order valence-corrected chi connectivity index (χ1v) is 4.44. The third-order valence-corrected chi connectivity index (χ3v) is 1.83. The highest BCUT2D eigenvalue weighted by Gasteiger charge is 2.13. The van der Waals surface area contributed by atoms with Gasteiger partial charge in [-0.15, -0.1) is 0 Å². The van der Waals surface area contributed by atoms with E-state index in [0.717, 1.165) is 5.56 Å². The smallest absolute Gasteiger partial charge is 0.318 e. The van der Waals surface area contributed by atoms with Crippen molar-refractivity contribution in [3.63, 3.8) is 0 Å². The highest BCUT2D eigenvalue weighted by molar-refractivity contribution is 5.96. The van der Waals surface area contributed by atoms with E-state index < -0.39 is 18.0 Å². The number of urea groups is 1. The van der Waals surface area contributed by atoms with E-state index in [1.165, 1.54) is 0 Å². The van der Waals surface area contributed by atoms with Crippen molar-refractivity contribution in [2.75, 3.05) is 0 Å². The van der Waals surface area contributed by atoms with Crippen molar-refractivity contribution >= 4 is 11.9 Å². The third kappa shape index (κ3) is 3.82. The number of hydrogen-bond donors (Lipinski definition) is 3. The molecule has 0 fully saturated rings. The molecule has 0 saturated heterocycles. The number of nitrogens with two attached hydrogens (primary N) is 1. The number of carbonyl (C=O) groups excluding carboxylic acids is 2. The second kappa shape index (κ2) is 5.16. The largest absolute Gasteiger partial charge is 0.472 e. The van der Waals surface area contributed by atoms with Crippen molar-refractivity contribution in [1.29, 1.82) is 0 Å². The molecule has 0 bridgehead atoms. The van der Waals surface area contributed by atoms with Crippen LogP contribution in [0.1, 0.15) is 12.5 Å². The Morgan fingerprint density at radius 1 is 1.60 bits per heavy atom. The zero-order chi connectivity index (χ0) is 11.3. The molecular weight excluding hydrogens is 198 g/mol. The number of hydrogen-bond acceptors (Lipinski definition) is 4. The molecule has 0 aliphatic rings. The molecule has 0 radical (unpaired) electrons. The second-order valence-corrected chi connectivity index (χ2v) is 3.09. The summed E-state index contributed by atoms with van der Waals surface area (Å²) in [7, 11) is 0. The molecule has 1 rings (SSSR count). The summed E-state index contributed by atoms with van der Waals surface area (Å²) in [6.45, 7) is 2.13. The van der Waals surface area contributed by atoms with Crippen LogP contribution in [-0.4, -0.2) is 18.0 Å². The predicted molar refractivity (Wildman–Crippen MR) is 52.7 cm³/mol. The molecule has 0 aromatic carbocycles. The minimum Gasteiger partial charge on any atom is -0.472 e. The Kier molecular flexibility index (Phi) is 3.87. The molecule has 0 saturated carbocycles. The summed E-state index contributed by atoms with van der Waals surface area (Å²) in [5.41, 5.74) is 5.73. The van der Waals surface area contributed by atoms with Gasteiger partial charge < -0.3 is 15.5 Å². The van der Waals surface area contributed by atoms with Gasteiger partial charge in [0, 0.05) is 12.1 Å². The van der Waals surface area contributed by atoms with Crippen LogP contribution in [-0.2, 0) is 11.3 Å². The summed E-state index contributed by atoms with van der Waals surface area (Å²) in [6, 6.07) is 0.440. The van der Waals surface area contributed by atoms with Gasteiger partial charge in [0.05, 0.1) is 18.6 Å². The number of primary amides is 1. The van der Waals surface area contributed by atoms with Crippen LogP contribution in [0.4, 0.5) is 4.79 Å². The maximum absolute atomic E-state index is 11.2. The van der Waals surface area contributed by atoms with Gasteiger partial charge in [0.1, 0.15) is 0 Å². The van der Waals surface area contributed by atoms with Crippen molar-refractivity contribution in [2.24, 2.45) is 5.73 Å². The first-order chi connectivity index (χ1) is 7.09. The van der Waals surface area contributed by atoms with Gasteiger partial charge in [-0.05, 0) is 13.0 Å². The van der Waals surface area contributed by atoms with E-state index in [1.54, 1.807) is 25.5 Å². The van der Waals surface area contributed by atoms with Gasteiger partial charge in [0.15, 0.2) is 0 Å². The van der Waals surface area contributed by atoms with E-state index in [2.05, 4.69) is 5.32 Å². The summed E-state index contributed by atoms with van der Waals surface area (Å²) in [5.74, 6) is -0.453. The van der Waals surface area contributed by atoms with E-state index in [1.807, 2.05) is 5.32 Å². The Morgan fingerprint density at radius 2 is 2.33 bits per heavy atom. The molecule has 1 atom stereocenters. The molecule has 0 aliphatic carbocycles. The van der Waals surface area contributed by atoms with Gasteiger partial charge in [-0.25, -0.2) is 4.79 Å². The average molecular weight is 211 g/mol. The maximum Gasteiger partial charge on any atom is 0.318 e. The summed E-state index contributed by atoms with van der Waals surface area (Å²) in [5, 5.41) is 4.90. The SMILES string of the molecule is CC(NCc1ccoc1)C(=O)NC(N)=O. The van der Waals surface area contributed by atoms with E-state index >= 15 is 0 Å². The van der Waals surface area contributed by atoms with E-state index in [9.17, 15) is 9.59 Å². The molecule has 1 aromatic rings. The van der Waals surface area contributed by atoms with Gasteiger partial charge in [-0.1, -0.05) is 0 Å². The lowest BCUT2D eigenvalue weighted by Gasteiger charge is -2.11. The van der Waals surface area contributed by atoms with Crippen molar-refractivity contribution in [2.45, 2.75) is 19.5 Å². The fourth-order valence-electron chi connectivity index (χ4n) is 0.987. The van der Waals surface area contributed by atoms with Crippen molar-refractivity contribution in [1.82, 2.24) is 10.6 Å². The minimum atomic E-state index is -0.850. The molecule has 0 aliphatic heterocycles. The number of carbonyl (C=O) groups is 2. The molecule has 6 heteroatoms. The first kappa shape index (κ1) is 11.3. The van der Waals surface area contributed by atoms with Gasteiger partial charge >= 0.3 is 6.03 Å². The average Bonchev–Trinajstić information content (AvgIpc) is 2.65. The Morgan fingerprint density at radius 3 is 2.87 bits per heavy atom. The van der Waals surface area contributed by atoms with Crippen LogP contribution in [0.3, 0.4) is 0 Å². The van der Waals surface area contributed by atoms with E-state index in [0.29, 0.717) is 6.54 Å². The van der Waals surface area contributed by atoms with Gasteiger partial charge in [-0.2, -0.15) is 0 Å². The Hall–Kier alpha value is -1.82. The fourth-order valence-corrected chi connectivity index (χ4v) is 0.987. The standard InChI is InChI=1S/C9H13N3O3/c1-6(8(13)12-9(10)14)11-4-7-2-3-15-5-7/h2-3,5-6,11H,4H2,1H3,(H3,10,12,13,14). The summed E-state index contributed by atoms with van der Waals surface area (Å²) < 4.78 is 4.86. The molecule has 15 heavy (non-hydrogen) atoms. The van der Waals surface area contributed by atoms with Crippen LogP contribution in [0.2, 0.25) is 0 Å². The third-order valence-electron chi connectivity index (χ3n) is 1.83. The Balaban J connectivity index is 2.32. The zero-order valence-corrected chi connectivity index (χ0v) is 8.32. The van der Waals surface area contributed by atoms with Crippen LogP contribution in [0.25, 0.3) is 0 Å². The van der Waals surface area contributed by atoms with Crippen LogP contribution in [0.15, 0.2) is 23.0 Å². The number of furan rings is 1. The topological polar surface area (TPSA) is 97.4 Å². The normalized spacial score (nSPS) is 12.1. The highest BCUT2D eigenvalue weighted by atomic mass is 16.3. The quantitative estimate of drug-likeness (QED) is 0.650. The number of amides is 3. The van der Waals surface area contributed by atoms with Crippen molar-refractivity contribution in [3.05, 3.63) is 24.2 Å². The monoisotopic (exact) mass is 211 g/mol. The molecule has 1 unspecified atom stereocenters. The van der Waals surface area contributed by atoms with Gasteiger partial charge in [0.2, 0.25) is 5.91 Å². The van der Waals surface area contributed by atoms with Gasteiger partial charge in [-0.3, -0.25) is 10.1 Å². The lowest BCUT2D eigenvalue weighted by atomic mass is 10.3. The fraction of sp³-hybridized carbons (Fsp3) is 0.333. The molecular formula is C9H13N3O3.